The Morgan fingerprint density at radius 3 is 2.27 bits per heavy atom. The van der Waals surface area contributed by atoms with Crippen molar-refractivity contribution in [3.8, 4) is 11.3 Å². The van der Waals surface area contributed by atoms with Crippen molar-refractivity contribution in [1.29, 1.82) is 0 Å². The van der Waals surface area contributed by atoms with Gasteiger partial charge in [0.2, 0.25) is 17.6 Å². The third-order valence-electron chi connectivity index (χ3n) is 8.13. The highest BCUT2D eigenvalue weighted by Gasteiger charge is 2.47. The molecule has 1 fully saturated rings. The van der Waals surface area contributed by atoms with Gasteiger partial charge in [0.15, 0.2) is 6.10 Å². The first-order valence-electron chi connectivity index (χ1n) is 14.0. The van der Waals surface area contributed by atoms with Gasteiger partial charge in [-0.05, 0) is 84.6 Å². The first-order chi connectivity index (χ1) is 21.0. The summed E-state index contributed by atoms with van der Waals surface area (Å²) in [7, 11) is 0. The van der Waals surface area contributed by atoms with Gasteiger partial charge >= 0.3 is 5.97 Å². The number of esters is 1. The predicted octanol–water partition coefficient (Wildman–Crippen LogP) is 8.16. The maximum atomic E-state index is 13.6. The molecule has 1 aliphatic heterocycles. The van der Waals surface area contributed by atoms with Crippen LogP contribution in [0.1, 0.15) is 46.0 Å². The lowest BCUT2D eigenvalue weighted by atomic mass is 9.85. The molecule has 0 N–H and O–H groups in total. The molecular weight excluding hydrogens is 667 g/mol. The molecule has 6 rings (SSSR count). The average molecular weight is 692 g/mol. The molecule has 3 atom stereocenters. The summed E-state index contributed by atoms with van der Waals surface area (Å²) < 4.78 is 6.24. The minimum atomic E-state index is -1.09. The monoisotopic (exact) mass is 690 g/mol. The van der Waals surface area contributed by atoms with Crippen LogP contribution in [0.5, 0.6) is 0 Å². The Labute approximate surface area is 271 Å². The summed E-state index contributed by atoms with van der Waals surface area (Å²) >= 11 is 16.0. The Morgan fingerprint density at radius 2 is 1.64 bits per heavy atom. The predicted molar refractivity (Wildman–Crippen MR) is 173 cm³/mol. The van der Waals surface area contributed by atoms with Gasteiger partial charge in [0, 0.05) is 26.0 Å². The van der Waals surface area contributed by atoms with E-state index in [-0.39, 0.29) is 29.2 Å². The van der Waals surface area contributed by atoms with Gasteiger partial charge < -0.3 is 4.74 Å². The smallest absolute Gasteiger partial charge is 0.339 e. The number of aryl methyl sites for hydroxylation is 1. The first kappa shape index (κ1) is 30.2. The topological polar surface area (TPSA) is 93.6 Å². The Bertz CT molecular complexity index is 1880. The van der Waals surface area contributed by atoms with Crippen LogP contribution in [0.15, 0.2) is 77.3 Å². The van der Waals surface area contributed by atoms with Crippen LogP contribution < -0.4 is 4.90 Å². The van der Waals surface area contributed by atoms with Gasteiger partial charge in [-0.2, -0.15) is 0 Å². The van der Waals surface area contributed by atoms with Crippen molar-refractivity contribution in [3.63, 3.8) is 0 Å². The van der Waals surface area contributed by atoms with E-state index in [2.05, 4.69) is 15.9 Å². The Kier molecular flexibility index (Phi) is 8.18. The summed E-state index contributed by atoms with van der Waals surface area (Å²) in [4.78, 5) is 58.9. The molecule has 0 bridgehead atoms. The number of aromatic nitrogens is 1. The number of ether oxygens (including phenoxy) is 1. The number of hydrogen-bond acceptors (Lipinski definition) is 6. The molecule has 0 radical (unpaired) electrons. The summed E-state index contributed by atoms with van der Waals surface area (Å²) in [6.45, 7) is 3.31. The number of rotatable bonds is 6. The molecule has 3 aromatic carbocycles. The van der Waals surface area contributed by atoms with Gasteiger partial charge in [-0.15, -0.1) is 0 Å². The largest absolute Gasteiger partial charge is 0.451 e. The highest BCUT2D eigenvalue weighted by Crippen LogP contribution is 2.39. The molecule has 2 aliphatic rings. The molecule has 0 saturated carbocycles. The number of Topliss-reactive ketones (excluding diaryl/α,β-unsaturated/α-hetero) is 1. The number of ketones is 1. The number of carbonyl (C=O) groups is 4. The van der Waals surface area contributed by atoms with E-state index in [1.807, 2.05) is 12.2 Å². The Hall–Kier alpha value is -3.85. The number of fused-ring (bicyclic) bond motifs is 2. The maximum Gasteiger partial charge on any atom is 0.339 e. The fourth-order valence-electron chi connectivity index (χ4n) is 5.77. The lowest BCUT2D eigenvalue weighted by Crippen LogP contribution is -2.30. The van der Waals surface area contributed by atoms with Gasteiger partial charge in [-0.1, -0.05) is 59.6 Å². The molecule has 2 amide bonds. The number of pyridine rings is 1. The van der Waals surface area contributed by atoms with E-state index in [1.54, 1.807) is 61.5 Å². The second kappa shape index (κ2) is 11.9. The summed E-state index contributed by atoms with van der Waals surface area (Å²) in [5, 5.41) is 1.34. The van der Waals surface area contributed by atoms with E-state index in [4.69, 9.17) is 32.9 Å². The average Bonchev–Trinajstić information content (AvgIpc) is 3.28. The standard InChI is InChI=1S/C34H25BrCl2N2O5/c1-17-29(37)27(35)15-25-26(34(43)44-18(2)31(40)20-6-5-7-21(36)14-20)16-28(38-30(17)25)19-10-12-22(13-11-19)39-32(41)23-8-3-4-9-24(23)33(39)42/h3-7,10-16,18,23-24H,8-9H2,1-2H3. The number of amides is 2. The van der Waals surface area contributed by atoms with Crippen molar-refractivity contribution in [1.82, 2.24) is 4.98 Å². The van der Waals surface area contributed by atoms with Gasteiger partial charge in [0.05, 0.1) is 39.3 Å². The van der Waals surface area contributed by atoms with Gasteiger partial charge in [-0.3, -0.25) is 19.3 Å². The maximum absolute atomic E-state index is 13.6. The van der Waals surface area contributed by atoms with Crippen molar-refractivity contribution < 1.29 is 23.9 Å². The van der Waals surface area contributed by atoms with E-state index in [0.29, 0.717) is 66.3 Å². The molecular formula is C34H25BrCl2N2O5. The van der Waals surface area contributed by atoms with Crippen LogP contribution in [-0.4, -0.2) is 34.7 Å². The van der Waals surface area contributed by atoms with Crippen LogP contribution in [0.4, 0.5) is 5.69 Å². The molecule has 222 valence electrons. The van der Waals surface area contributed by atoms with Crippen LogP contribution in [0.25, 0.3) is 22.2 Å². The minimum absolute atomic E-state index is 0.191. The molecule has 0 spiro atoms. The fraction of sp³-hybridized carbons (Fsp3) is 0.206. The number of benzene rings is 3. The minimum Gasteiger partial charge on any atom is -0.451 e. The summed E-state index contributed by atoms with van der Waals surface area (Å²) in [6.07, 6.45) is 3.94. The van der Waals surface area contributed by atoms with Crippen molar-refractivity contribution in [2.24, 2.45) is 11.8 Å². The van der Waals surface area contributed by atoms with Crippen LogP contribution >= 0.6 is 39.1 Å². The first-order valence-corrected chi connectivity index (χ1v) is 15.5. The molecule has 10 heteroatoms. The van der Waals surface area contributed by atoms with Gasteiger partial charge in [0.1, 0.15) is 0 Å². The van der Waals surface area contributed by atoms with Crippen molar-refractivity contribution >= 4 is 79.3 Å². The zero-order valence-electron chi connectivity index (χ0n) is 23.6. The molecule has 1 aromatic heterocycles. The van der Waals surface area contributed by atoms with E-state index < -0.39 is 17.9 Å². The van der Waals surface area contributed by atoms with E-state index in [9.17, 15) is 19.2 Å². The number of anilines is 1. The number of imide groups is 1. The number of hydrogen-bond donors (Lipinski definition) is 0. The summed E-state index contributed by atoms with van der Waals surface area (Å²) in [6, 6.07) is 16.6. The van der Waals surface area contributed by atoms with Gasteiger partial charge in [0.25, 0.3) is 0 Å². The Balaban J connectivity index is 1.35. The lowest BCUT2D eigenvalue weighted by Gasteiger charge is -2.17. The fourth-order valence-corrected chi connectivity index (χ4v) is 6.63. The molecule has 4 aromatic rings. The number of carbonyl (C=O) groups excluding carboxylic acids is 4. The zero-order valence-corrected chi connectivity index (χ0v) is 26.7. The molecule has 7 nitrogen and oxygen atoms in total. The third kappa shape index (κ3) is 5.36. The second-order valence-electron chi connectivity index (χ2n) is 10.9. The van der Waals surface area contributed by atoms with Crippen LogP contribution in [0, 0.1) is 18.8 Å². The van der Waals surface area contributed by atoms with Crippen molar-refractivity contribution in [3.05, 3.63) is 104 Å². The van der Waals surface area contributed by atoms with Crippen molar-refractivity contribution in [2.45, 2.75) is 32.8 Å². The van der Waals surface area contributed by atoms with Crippen LogP contribution in [-0.2, 0) is 14.3 Å². The SMILES string of the molecule is Cc1c(Cl)c(Br)cc2c(C(=O)OC(C)C(=O)c3cccc(Cl)c3)cc(-c3ccc(N4C(=O)C5CC=CCC5C4=O)cc3)nc12. The summed E-state index contributed by atoms with van der Waals surface area (Å²) in [5.41, 5.74) is 3.23. The Morgan fingerprint density at radius 1 is 0.977 bits per heavy atom. The normalized spacial score (nSPS) is 18.4. The van der Waals surface area contributed by atoms with Crippen LogP contribution in [0.2, 0.25) is 10.0 Å². The third-order valence-corrected chi connectivity index (χ3v) is 9.71. The highest BCUT2D eigenvalue weighted by atomic mass is 79.9. The number of nitrogens with zero attached hydrogens (tertiary/aromatic N) is 2. The van der Waals surface area contributed by atoms with E-state index >= 15 is 0 Å². The number of halogens is 3. The molecule has 1 saturated heterocycles. The summed E-state index contributed by atoms with van der Waals surface area (Å²) in [5.74, 6) is -2.15. The second-order valence-corrected chi connectivity index (χ2v) is 12.6. The highest BCUT2D eigenvalue weighted by molar-refractivity contribution is 9.10. The van der Waals surface area contributed by atoms with E-state index in [1.165, 1.54) is 17.9 Å². The quantitative estimate of drug-likeness (QED) is 0.0877. The zero-order chi connectivity index (χ0) is 31.3. The molecule has 2 heterocycles. The molecule has 3 unspecified atom stereocenters. The van der Waals surface area contributed by atoms with Crippen LogP contribution in [0.3, 0.4) is 0 Å². The van der Waals surface area contributed by atoms with E-state index in [0.717, 1.165) is 0 Å². The number of allylic oxidation sites excluding steroid dienone is 2. The lowest BCUT2D eigenvalue weighted by molar-refractivity contribution is -0.122. The van der Waals surface area contributed by atoms with Crippen molar-refractivity contribution in [2.75, 3.05) is 4.90 Å². The molecule has 1 aliphatic carbocycles. The molecule has 44 heavy (non-hydrogen) atoms. The van der Waals surface area contributed by atoms with Gasteiger partial charge in [-0.25, -0.2) is 9.78 Å².